The maximum atomic E-state index is 12.0. The van der Waals surface area contributed by atoms with Crippen LogP contribution in [0.4, 0.5) is 0 Å². The smallest absolute Gasteiger partial charge is 0.253 e. The Kier molecular flexibility index (Phi) is 4.05. The van der Waals surface area contributed by atoms with Gasteiger partial charge in [-0.2, -0.15) is 0 Å². The van der Waals surface area contributed by atoms with Crippen molar-refractivity contribution in [1.82, 2.24) is 4.90 Å². The van der Waals surface area contributed by atoms with Gasteiger partial charge in [0.2, 0.25) is 0 Å². The van der Waals surface area contributed by atoms with Crippen molar-refractivity contribution >= 4 is 11.7 Å². The summed E-state index contributed by atoms with van der Waals surface area (Å²) in [4.78, 5) is 25.3. The predicted octanol–water partition coefficient (Wildman–Crippen LogP) is 2.37. The number of carbonyl (C=O) groups excluding carboxylic acids is 2. The van der Waals surface area contributed by atoms with E-state index in [9.17, 15) is 9.59 Å². The maximum absolute atomic E-state index is 12.0. The number of rotatable bonds is 3. The van der Waals surface area contributed by atoms with E-state index in [2.05, 4.69) is 0 Å². The van der Waals surface area contributed by atoms with Crippen LogP contribution in [0.1, 0.15) is 31.1 Å². The van der Waals surface area contributed by atoms with Crippen molar-refractivity contribution in [3.8, 4) is 0 Å². The van der Waals surface area contributed by atoms with Gasteiger partial charge in [-0.05, 0) is 12.1 Å². The molecule has 0 bridgehead atoms. The number of nitrogens with zero attached hydrogens (tertiary/aromatic N) is 1. The minimum absolute atomic E-state index is 0.0595. The summed E-state index contributed by atoms with van der Waals surface area (Å²) in [6.07, 6.45) is 0. The van der Waals surface area contributed by atoms with E-state index in [1.165, 1.54) is 4.90 Å². The first kappa shape index (κ1) is 13.4. The lowest BCUT2D eigenvalue weighted by Gasteiger charge is -2.22. The van der Waals surface area contributed by atoms with Crippen LogP contribution in [0.25, 0.3) is 0 Å². The fourth-order valence-corrected chi connectivity index (χ4v) is 1.33. The Hall–Kier alpha value is -1.64. The summed E-state index contributed by atoms with van der Waals surface area (Å²) >= 11 is 0. The first-order valence-corrected chi connectivity index (χ1v) is 5.66. The van der Waals surface area contributed by atoms with E-state index in [4.69, 9.17) is 0 Å². The third kappa shape index (κ3) is 3.70. The first-order chi connectivity index (χ1) is 7.82. The zero-order valence-electron chi connectivity index (χ0n) is 10.9. The number of hydrogen-bond acceptors (Lipinski definition) is 2. The van der Waals surface area contributed by atoms with Gasteiger partial charge in [-0.25, -0.2) is 0 Å². The Labute approximate surface area is 102 Å². The second kappa shape index (κ2) is 5.13. The van der Waals surface area contributed by atoms with E-state index < -0.39 is 5.41 Å². The second-order valence-corrected chi connectivity index (χ2v) is 5.20. The third-order valence-corrected chi connectivity index (χ3v) is 2.58. The molecule has 0 atom stereocenters. The number of carbonyl (C=O) groups is 2. The van der Waals surface area contributed by atoms with Crippen molar-refractivity contribution in [2.75, 3.05) is 13.6 Å². The number of benzene rings is 1. The quantitative estimate of drug-likeness (QED) is 0.803. The summed E-state index contributed by atoms with van der Waals surface area (Å²) in [5, 5.41) is 0. The van der Waals surface area contributed by atoms with Gasteiger partial charge >= 0.3 is 0 Å². The minimum atomic E-state index is -0.411. The van der Waals surface area contributed by atoms with Gasteiger partial charge in [0.15, 0.2) is 5.78 Å². The topological polar surface area (TPSA) is 37.4 Å². The van der Waals surface area contributed by atoms with Crippen LogP contribution in [0.2, 0.25) is 0 Å². The predicted molar refractivity (Wildman–Crippen MR) is 67.9 cm³/mol. The maximum Gasteiger partial charge on any atom is 0.253 e. The van der Waals surface area contributed by atoms with E-state index in [-0.39, 0.29) is 18.2 Å². The molecule has 0 aromatic heterocycles. The van der Waals surface area contributed by atoms with Crippen LogP contribution in [-0.2, 0) is 4.79 Å². The highest BCUT2D eigenvalue weighted by atomic mass is 16.2. The molecule has 3 nitrogen and oxygen atoms in total. The highest BCUT2D eigenvalue weighted by Gasteiger charge is 2.24. The molecule has 0 spiro atoms. The van der Waals surface area contributed by atoms with Gasteiger partial charge < -0.3 is 4.90 Å². The lowest BCUT2D eigenvalue weighted by atomic mass is 9.90. The molecule has 0 N–H and O–H groups in total. The molecule has 1 aromatic carbocycles. The number of likely N-dealkylation sites (N-methyl/N-ethyl adjacent to an activating group) is 1. The number of amides is 1. The van der Waals surface area contributed by atoms with Crippen LogP contribution >= 0.6 is 0 Å². The summed E-state index contributed by atoms with van der Waals surface area (Å²) in [6.45, 7) is 5.72. The number of ketones is 1. The zero-order chi connectivity index (χ0) is 13.1. The summed E-state index contributed by atoms with van der Waals surface area (Å²) < 4.78 is 0. The van der Waals surface area contributed by atoms with Gasteiger partial charge in [0.05, 0.1) is 6.54 Å². The standard InChI is InChI=1S/C14H19NO2/c1-14(2,3)12(16)10-15(4)13(17)11-8-6-5-7-9-11/h5-9H,10H2,1-4H3. The van der Waals surface area contributed by atoms with E-state index in [1.54, 1.807) is 19.2 Å². The van der Waals surface area contributed by atoms with Crippen molar-refractivity contribution in [3.05, 3.63) is 35.9 Å². The molecule has 1 amide bonds. The highest BCUT2D eigenvalue weighted by Crippen LogP contribution is 2.15. The Morgan fingerprint density at radius 1 is 1.12 bits per heavy atom. The van der Waals surface area contributed by atoms with E-state index in [0.717, 1.165) is 0 Å². The van der Waals surface area contributed by atoms with E-state index in [1.807, 2.05) is 39.0 Å². The van der Waals surface area contributed by atoms with Crippen molar-refractivity contribution in [2.45, 2.75) is 20.8 Å². The SMILES string of the molecule is CN(CC(=O)C(C)(C)C)C(=O)c1ccccc1. The summed E-state index contributed by atoms with van der Waals surface area (Å²) in [5.74, 6) is -0.0625. The van der Waals surface area contributed by atoms with Crippen LogP contribution in [0.15, 0.2) is 30.3 Å². The molecule has 0 aliphatic rings. The normalized spacial score (nSPS) is 11.1. The lowest BCUT2D eigenvalue weighted by molar-refractivity contribution is -0.126. The van der Waals surface area contributed by atoms with Crippen molar-refractivity contribution < 1.29 is 9.59 Å². The van der Waals surface area contributed by atoms with Crippen LogP contribution in [0.3, 0.4) is 0 Å². The van der Waals surface area contributed by atoms with Gasteiger partial charge in [0.25, 0.3) is 5.91 Å². The Morgan fingerprint density at radius 2 is 1.65 bits per heavy atom. The molecule has 3 heteroatoms. The van der Waals surface area contributed by atoms with E-state index >= 15 is 0 Å². The second-order valence-electron chi connectivity index (χ2n) is 5.20. The van der Waals surface area contributed by atoms with Crippen molar-refractivity contribution in [3.63, 3.8) is 0 Å². The highest BCUT2D eigenvalue weighted by molar-refractivity contribution is 5.97. The Bertz CT molecular complexity index is 404. The molecule has 0 aliphatic heterocycles. The van der Waals surface area contributed by atoms with Crippen LogP contribution in [-0.4, -0.2) is 30.2 Å². The van der Waals surface area contributed by atoms with E-state index in [0.29, 0.717) is 5.56 Å². The summed E-state index contributed by atoms with van der Waals surface area (Å²) in [7, 11) is 1.65. The van der Waals surface area contributed by atoms with Crippen LogP contribution < -0.4 is 0 Å². The lowest BCUT2D eigenvalue weighted by Crippen LogP contribution is -2.37. The molecule has 0 saturated carbocycles. The molecule has 1 rings (SSSR count). The third-order valence-electron chi connectivity index (χ3n) is 2.58. The molecule has 0 radical (unpaired) electrons. The Balaban J connectivity index is 2.69. The molecule has 92 valence electrons. The van der Waals surface area contributed by atoms with Crippen LogP contribution in [0.5, 0.6) is 0 Å². The molecular formula is C14H19NO2. The molecule has 0 saturated heterocycles. The van der Waals surface area contributed by atoms with Gasteiger partial charge in [-0.3, -0.25) is 9.59 Å². The van der Waals surface area contributed by atoms with Crippen molar-refractivity contribution in [1.29, 1.82) is 0 Å². The summed E-state index contributed by atoms with van der Waals surface area (Å²) in [6, 6.07) is 8.98. The van der Waals surface area contributed by atoms with Gasteiger partial charge in [-0.1, -0.05) is 39.0 Å². The molecule has 17 heavy (non-hydrogen) atoms. The van der Waals surface area contributed by atoms with Crippen molar-refractivity contribution in [2.24, 2.45) is 5.41 Å². The fraction of sp³-hybridized carbons (Fsp3) is 0.429. The molecule has 0 unspecified atom stereocenters. The molecular weight excluding hydrogens is 214 g/mol. The summed E-state index contributed by atoms with van der Waals surface area (Å²) in [5.41, 5.74) is 0.197. The molecule has 0 aliphatic carbocycles. The largest absolute Gasteiger partial charge is 0.334 e. The monoisotopic (exact) mass is 233 g/mol. The minimum Gasteiger partial charge on any atom is -0.334 e. The average molecular weight is 233 g/mol. The molecule has 0 heterocycles. The molecule has 1 aromatic rings. The molecule has 0 fully saturated rings. The first-order valence-electron chi connectivity index (χ1n) is 5.66. The van der Waals surface area contributed by atoms with Gasteiger partial charge in [-0.15, -0.1) is 0 Å². The van der Waals surface area contributed by atoms with Gasteiger partial charge in [0.1, 0.15) is 0 Å². The van der Waals surface area contributed by atoms with Gasteiger partial charge in [0, 0.05) is 18.0 Å². The Morgan fingerprint density at radius 3 is 2.12 bits per heavy atom. The fourth-order valence-electron chi connectivity index (χ4n) is 1.33. The van der Waals surface area contributed by atoms with Crippen LogP contribution in [0, 0.1) is 5.41 Å². The zero-order valence-corrected chi connectivity index (χ0v) is 10.9. The number of Topliss-reactive ketones (excluding diaryl/α,β-unsaturated/α-hetero) is 1. The average Bonchev–Trinajstić information content (AvgIpc) is 2.27. The number of hydrogen-bond donors (Lipinski definition) is 0.